The van der Waals surface area contributed by atoms with Gasteiger partial charge in [0.25, 0.3) is 0 Å². The van der Waals surface area contributed by atoms with Crippen LogP contribution in [0.25, 0.3) is 0 Å². The molecule has 0 spiro atoms. The molecule has 1 aromatic rings. The van der Waals surface area contributed by atoms with Crippen LogP contribution >= 0.6 is 0 Å². The van der Waals surface area contributed by atoms with Gasteiger partial charge in [-0.3, -0.25) is 4.90 Å². The third-order valence-corrected chi connectivity index (χ3v) is 3.41. The Balaban J connectivity index is 1.55. The van der Waals surface area contributed by atoms with Gasteiger partial charge >= 0.3 is 6.09 Å². The largest absolute Gasteiger partial charge is 0.444 e. The number of benzene rings is 1. The van der Waals surface area contributed by atoms with Crippen molar-refractivity contribution in [3.8, 4) is 0 Å². The molecule has 1 aromatic carbocycles. The second-order valence-corrected chi connectivity index (χ2v) is 4.69. The van der Waals surface area contributed by atoms with Crippen molar-refractivity contribution in [2.45, 2.75) is 13.0 Å². The standard InChI is InChI=1S/C14H16N2O2/c17-14(18-10-11-4-2-1-3-5-11)16-8-12-6-7-15-13(12)9-16/h1-5,9,12,15H,6-8,10H2/t12-/m1/s1. The lowest BCUT2D eigenvalue weighted by Gasteiger charge is -2.15. The third kappa shape index (κ3) is 2.18. The minimum absolute atomic E-state index is 0.262. The summed E-state index contributed by atoms with van der Waals surface area (Å²) in [5.74, 6) is 0.481. The Bertz CT molecular complexity index is 470. The molecule has 4 nitrogen and oxygen atoms in total. The van der Waals surface area contributed by atoms with Gasteiger partial charge in [0.2, 0.25) is 0 Å². The summed E-state index contributed by atoms with van der Waals surface area (Å²) < 4.78 is 5.29. The number of carbonyl (C=O) groups is 1. The van der Waals surface area contributed by atoms with E-state index < -0.39 is 0 Å². The number of hydrogen-bond donors (Lipinski definition) is 1. The number of ether oxygens (including phenoxy) is 1. The van der Waals surface area contributed by atoms with E-state index in [1.807, 2.05) is 36.5 Å². The number of fused-ring (bicyclic) bond motifs is 1. The molecule has 2 aliphatic heterocycles. The quantitative estimate of drug-likeness (QED) is 0.866. The van der Waals surface area contributed by atoms with Crippen molar-refractivity contribution in [2.24, 2.45) is 5.92 Å². The molecule has 0 aromatic heterocycles. The van der Waals surface area contributed by atoms with Gasteiger partial charge < -0.3 is 10.1 Å². The van der Waals surface area contributed by atoms with Gasteiger partial charge in [-0.25, -0.2) is 4.79 Å². The molecule has 3 rings (SSSR count). The first-order valence-corrected chi connectivity index (χ1v) is 6.26. The number of carbonyl (C=O) groups excluding carboxylic acids is 1. The molecular weight excluding hydrogens is 228 g/mol. The normalized spacial score (nSPS) is 21.2. The van der Waals surface area contributed by atoms with Crippen LogP contribution in [0.3, 0.4) is 0 Å². The van der Waals surface area contributed by atoms with Crippen LogP contribution in [-0.2, 0) is 11.3 Å². The number of rotatable bonds is 2. The lowest BCUT2D eigenvalue weighted by molar-refractivity contribution is 0.111. The molecule has 1 saturated heterocycles. The first-order valence-electron chi connectivity index (χ1n) is 6.26. The monoisotopic (exact) mass is 244 g/mol. The molecule has 94 valence electrons. The van der Waals surface area contributed by atoms with E-state index >= 15 is 0 Å². The van der Waals surface area contributed by atoms with Crippen LogP contribution in [0.4, 0.5) is 4.79 Å². The van der Waals surface area contributed by atoms with E-state index in [0.29, 0.717) is 12.5 Å². The van der Waals surface area contributed by atoms with E-state index in [1.54, 1.807) is 4.90 Å². The van der Waals surface area contributed by atoms with Crippen LogP contribution in [0.5, 0.6) is 0 Å². The summed E-state index contributed by atoms with van der Waals surface area (Å²) in [5, 5.41) is 3.29. The fraction of sp³-hybridized carbons (Fsp3) is 0.357. The second kappa shape index (κ2) is 4.72. The summed E-state index contributed by atoms with van der Waals surface area (Å²) in [6.45, 7) is 2.09. The predicted octanol–water partition coefficient (Wildman–Crippen LogP) is 2.09. The van der Waals surface area contributed by atoms with Gasteiger partial charge in [0.1, 0.15) is 6.61 Å². The summed E-state index contributed by atoms with van der Waals surface area (Å²) >= 11 is 0. The van der Waals surface area contributed by atoms with E-state index in [-0.39, 0.29) is 6.09 Å². The van der Waals surface area contributed by atoms with Gasteiger partial charge in [-0.15, -0.1) is 0 Å². The number of nitrogens with zero attached hydrogens (tertiary/aromatic N) is 1. The van der Waals surface area contributed by atoms with Crippen molar-refractivity contribution in [2.75, 3.05) is 13.1 Å². The molecular formula is C14H16N2O2. The van der Waals surface area contributed by atoms with E-state index in [1.165, 1.54) is 5.70 Å². The van der Waals surface area contributed by atoms with Gasteiger partial charge in [0.15, 0.2) is 0 Å². The Kier molecular flexibility index (Phi) is 2.92. The third-order valence-electron chi connectivity index (χ3n) is 3.41. The average molecular weight is 244 g/mol. The fourth-order valence-corrected chi connectivity index (χ4v) is 2.42. The zero-order chi connectivity index (χ0) is 12.4. The zero-order valence-corrected chi connectivity index (χ0v) is 10.1. The van der Waals surface area contributed by atoms with E-state index in [9.17, 15) is 4.79 Å². The highest BCUT2D eigenvalue weighted by atomic mass is 16.6. The number of nitrogens with one attached hydrogen (secondary N) is 1. The zero-order valence-electron chi connectivity index (χ0n) is 10.1. The summed E-state index contributed by atoms with van der Waals surface area (Å²) in [7, 11) is 0. The molecule has 0 saturated carbocycles. The molecule has 0 unspecified atom stereocenters. The summed E-state index contributed by atoms with van der Waals surface area (Å²) in [6, 6.07) is 9.73. The van der Waals surface area contributed by atoms with Crippen molar-refractivity contribution < 1.29 is 9.53 Å². The van der Waals surface area contributed by atoms with Crippen LogP contribution in [0.2, 0.25) is 0 Å². The second-order valence-electron chi connectivity index (χ2n) is 4.69. The maximum atomic E-state index is 11.9. The minimum Gasteiger partial charge on any atom is -0.444 e. The molecule has 4 heteroatoms. The molecule has 0 bridgehead atoms. The van der Waals surface area contributed by atoms with E-state index in [2.05, 4.69) is 5.32 Å². The Labute approximate surface area is 106 Å². The lowest BCUT2D eigenvalue weighted by atomic mass is 10.1. The SMILES string of the molecule is O=C(OCc1ccccc1)N1C=C2NCC[C@@H]2C1. The highest BCUT2D eigenvalue weighted by Gasteiger charge is 2.31. The lowest BCUT2D eigenvalue weighted by Crippen LogP contribution is -2.26. The van der Waals surface area contributed by atoms with Gasteiger partial charge in [-0.2, -0.15) is 0 Å². The Morgan fingerprint density at radius 2 is 2.22 bits per heavy atom. The first kappa shape index (κ1) is 11.1. The molecule has 2 heterocycles. The molecule has 0 radical (unpaired) electrons. The first-order chi connectivity index (χ1) is 8.83. The molecule has 1 N–H and O–H groups in total. The average Bonchev–Trinajstić information content (AvgIpc) is 2.98. The summed E-state index contributed by atoms with van der Waals surface area (Å²) in [5.41, 5.74) is 2.18. The van der Waals surface area contributed by atoms with Crippen LogP contribution in [-0.4, -0.2) is 24.1 Å². The van der Waals surface area contributed by atoms with Crippen LogP contribution < -0.4 is 5.32 Å². The molecule has 1 fully saturated rings. The van der Waals surface area contributed by atoms with Crippen molar-refractivity contribution in [1.29, 1.82) is 0 Å². The van der Waals surface area contributed by atoms with Crippen LogP contribution in [0.15, 0.2) is 42.2 Å². The van der Waals surface area contributed by atoms with Gasteiger partial charge in [0, 0.05) is 30.9 Å². The predicted molar refractivity (Wildman–Crippen MR) is 67.5 cm³/mol. The van der Waals surface area contributed by atoms with E-state index in [0.717, 1.165) is 25.1 Å². The van der Waals surface area contributed by atoms with Crippen molar-refractivity contribution in [1.82, 2.24) is 10.2 Å². The fourth-order valence-electron chi connectivity index (χ4n) is 2.42. The van der Waals surface area contributed by atoms with Gasteiger partial charge in [-0.05, 0) is 12.0 Å². The van der Waals surface area contributed by atoms with Crippen molar-refractivity contribution >= 4 is 6.09 Å². The molecule has 1 amide bonds. The molecule has 0 aliphatic carbocycles. The Hall–Kier alpha value is -1.97. The van der Waals surface area contributed by atoms with Crippen molar-refractivity contribution in [3.05, 3.63) is 47.8 Å². The van der Waals surface area contributed by atoms with Gasteiger partial charge in [-0.1, -0.05) is 30.3 Å². The smallest absolute Gasteiger partial charge is 0.414 e. The van der Waals surface area contributed by atoms with E-state index in [4.69, 9.17) is 4.74 Å². The van der Waals surface area contributed by atoms with Gasteiger partial charge in [0.05, 0.1) is 0 Å². The summed E-state index contributed by atoms with van der Waals surface area (Å²) in [6.07, 6.45) is 2.72. The Morgan fingerprint density at radius 1 is 1.39 bits per heavy atom. The highest BCUT2D eigenvalue weighted by molar-refractivity contribution is 5.69. The molecule has 18 heavy (non-hydrogen) atoms. The van der Waals surface area contributed by atoms with Crippen LogP contribution in [0, 0.1) is 5.92 Å². The molecule has 2 aliphatic rings. The maximum absolute atomic E-state index is 11.9. The van der Waals surface area contributed by atoms with Crippen molar-refractivity contribution in [3.63, 3.8) is 0 Å². The minimum atomic E-state index is -0.262. The molecule has 1 atom stereocenters. The number of hydrogen-bond acceptors (Lipinski definition) is 3. The van der Waals surface area contributed by atoms with Crippen LogP contribution in [0.1, 0.15) is 12.0 Å². The maximum Gasteiger partial charge on any atom is 0.414 e. The number of amides is 1. The Morgan fingerprint density at radius 3 is 3.00 bits per heavy atom. The topological polar surface area (TPSA) is 41.6 Å². The summed E-state index contributed by atoms with van der Waals surface area (Å²) in [4.78, 5) is 13.5. The highest BCUT2D eigenvalue weighted by Crippen LogP contribution is 2.27.